The molecule has 1 saturated heterocycles. The molecule has 2 rings (SSSR count). The Hall–Kier alpha value is -1.73. The van der Waals surface area contributed by atoms with Gasteiger partial charge in [0.25, 0.3) is 0 Å². The first-order valence-corrected chi connectivity index (χ1v) is 12.8. The van der Waals surface area contributed by atoms with Crippen LogP contribution in [0.4, 0.5) is 0 Å². The largest absolute Gasteiger partial charge is 0.393 e. The van der Waals surface area contributed by atoms with Crippen LogP contribution in [0.25, 0.3) is 0 Å². The monoisotopic (exact) mass is 462 g/mol. The average molecular weight is 463 g/mol. The lowest BCUT2D eigenvalue weighted by Gasteiger charge is -2.17. The molecular formula is C26H38O5S. The first-order chi connectivity index (χ1) is 15.1. The first kappa shape index (κ1) is 26.5. The van der Waals surface area contributed by atoms with E-state index < -0.39 is 20.7 Å². The van der Waals surface area contributed by atoms with E-state index in [1.165, 1.54) is 0 Å². The highest BCUT2D eigenvalue weighted by Crippen LogP contribution is 2.39. The van der Waals surface area contributed by atoms with Crippen molar-refractivity contribution in [3.63, 3.8) is 0 Å². The second-order valence-corrected chi connectivity index (χ2v) is 11.2. The Kier molecular flexibility index (Phi) is 9.89. The third kappa shape index (κ3) is 7.69. The van der Waals surface area contributed by atoms with Gasteiger partial charge >= 0.3 is 0 Å². The lowest BCUT2D eigenvalue weighted by Crippen LogP contribution is -2.20. The van der Waals surface area contributed by atoms with E-state index in [1.807, 2.05) is 39.8 Å². The van der Waals surface area contributed by atoms with Gasteiger partial charge in [-0.2, -0.15) is 0 Å². The standard InChI is InChI=1S/C26H38O5S/c1-20(15-16-27)9-8-10-21(2)17-24(32(29,30)23-11-6-5-7-12-23)18-22(3)13-14-25-26(4,19-28)31-25/h5-7,10-12,15,18,24-25,27-28H,8-9,13-14,16-17,19H2,1-4H3/b20-15+,21-10+,22-18+/t24?,25-,26-/m1/s1. The van der Waals surface area contributed by atoms with Crippen molar-refractivity contribution in [2.75, 3.05) is 13.2 Å². The van der Waals surface area contributed by atoms with E-state index in [-0.39, 0.29) is 19.3 Å². The van der Waals surface area contributed by atoms with Gasteiger partial charge in [0.05, 0.1) is 29.5 Å². The normalized spacial score (nSPS) is 23.3. The summed E-state index contributed by atoms with van der Waals surface area (Å²) in [6, 6.07) is 8.62. The molecule has 5 nitrogen and oxygen atoms in total. The summed E-state index contributed by atoms with van der Waals surface area (Å²) in [7, 11) is -3.52. The molecule has 0 aromatic heterocycles. The zero-order valence-electron chi connectivity index (χ0n) is 19.8. The zero-order valence-corrected chi connectivity index (χ0v) is 20.6. The van der Waals surface area contributed by atoms with Gasteiger partial charge in [0, 0.05) is 0 Å². The third-order valence-electron chi connectivity index (χ3n) is 6.09. The maximum atomic E-state index is 13.4. The Morgan fingerprint density at radius 1 is 1.06 bits per heavy atom. The zero-order chi connectivity index (χ0) is 23.8. The number of rotatable bonds is 13. The number of aliphatic hydroxyl groups excluding tert-OH is 2. The molecular weight excluding hydrogens is 424 g/mol. The van der Waals surface area contributed by atoms with Gasteiger partial charge in [-0.15, -0.1) is 0 Å². The van der Waals surface area contributed by atoms with Gasteiger partial charge < -0.3 is 14.9 Å². The lowest BCUT2D eigenvalue weighted by atomic mass is 10.0. The summed E-state index contributed by atoms with van der Waals surface area (Å²) in [5, 5.41) is 17.7. The number of hydrogen-bond acceptors (Lipinski definition) is 5. The molecule has 0 spiro atoms. The van der Waals surface area contributed by atoms with Crippen LogP contribution in [-0.4, -0.2) is 48.8 Å². The fourth-order valence-corrected chi connectivity index (χ4v) is 5.58. The van der Waals surface area contributed by atoms with E-state index in [9.17, 15) is 13.5 Å². The average Bonchev–Trinajstić information content (AvgIpc) is 3.43. The van der Waals surface area contributed by atoms with Gasteiger partial charge in [-0.25, -0.2) is 8.42 Å². The number of epoxide rings is 1. The van der Waals surface area contributed by atoms with Crippen molar-refractivity contribution in [1.29, 1.82) is 0 Å². The van der Waals surface area contributed by atoms with E-state index in [2.05, 4.69) is 6.08 Å². The van der Waals surface area contributed by atoms with Crippen molar-refractivity contribution in [2.45, 2.75) is 81.6 Å². The summed E-state index contributed by atoms with van der Waals surface area (Å²) < 4.78 is 32.4. The predicted octanol–water partition coefficient (Wildman–Crippen LogP) is 4.76. The Morgan fingerprint density at radius 2 is 1.75 bits per heavy atom. The minimum Gasteiger partial charge on any atom is -0.393 e. The molecule has 178 valence electrons. The Labute approximate surface area is 193 Å². The summed E-state index contributed by atoms with van der Waals surface area (Å²) in [6.45, 7) is 7.87. The van der Waals surface area contributed by atoms with Crippen LogP contribution in [0.2, 0.25) is 0 Å². The maximum absolute atomic E-state index is 13.4. The molecule has 0 bridgehead atoms. The number of sulfone groups is 1. The van der Waals surface area contributed by atoms with E-state index in [1.54, 1.807) is 30.3 Å². The molecule has 1 heterocycles. The Morgan fingerprint density at radius 3 is 2.34 bits per heavy atom. The predicted molar refractivity (Wildman–Crippen MR) is 129 cm³/mol. The Bertz CT molecular complexity index is 930. The van der Waals surface area contributed by atoms with Crippen LogP contribution in [0, 0.1) is 0 Å². The van der Waals surface area contributed by atoms with Gasteiger partial charge in [0.2, 0.25) is 0 Å². The van der Waals surface area contributed by atoms with E-state index in [4.69, 9.17) is 9.84 Å². The van der Waals surface area contributed by atoms with Crippen LogP contribution in [0.3, 0.4) is 0 Å². The number of benzene rings is 1. The fourth-order valence-electron chi connectivity index (χ4n) is 3.80. The van der Waals surface area contributed by atoms with E-state index in [0.717, 1.165) is 42.4 Å². The minimum atomic E-state index is -3.52. The molecule has 6 heteroatoms. The third-order valence-corrected chi connectivity index (χ3v) is 8.11. The van der Waals surface area contributed by atoms with Gasteiger partial charge in [-0.1, -0.05) is 53.1 Å². The summed E-state index contributed by atoms with van der Waals surface area (Å²) >= 11 is 0. The molecule has 1 aliphatic rings. The van der Waals surface area contributed by atoms with Gasteiger partial charge in [0.1, 0.15) is 5.60 Å². The second kappa shape index (κ2) is 11.9. The van der Waals surface area contributed by atoms with Gasteiger partial charge in [-0.3, -0.25) is 0 Å². The Balaban J connectivity index is 2.15. The van der Waals surface area contributed by atoms with E-state index >= 15 is 0 Å². The smallest absolute Gasteiger partial charge is 0.185 e. The summed E-state index contributed by atoms with van der Waals surface area (Å²) in [5.74, 6) is 0. The minimum absolute atomic E-state index is 0.00238. The highest BCUT2D eigenvalue weighted by molar-refractivity contribution is 7.92. The lowest BCUT2D eigenvalue weighted by molar-refractivity contribution is 0.184. The molecule has 0 saturated carbocycles. The van der Waals surface area contributed by atoms with Crippen molar-refractivity contribution < 1.29 is 23.4 Å². The molecule has 1 aliphatic heterocycles. The van der Waals surface area contributed by atoms with Crippen LogP contribution < -0.4 is 0 Å². The van der Waals surface area contributed by atoms with Crippen LogP contribution in [0.1, 0.15) is 59.8 Å². The highest BCUT2D eigenvalue weighted by atomic mass is 32.2. The SMILES string of the molecule is C/C(=C\CO)CC/C=C(\C)CC(/C=C(\C)CC[C@H]1O[C@]1(C)CO)S(=O)(=O)c1ccccc1. The quantitative estimate of drug-likeness (QED) is 0.326. The molecule has 1 aromatic carbocycles. The number of hydrogen-bond donors (Lipinski definition) is 2. The molecule has 1 aromatic rings. The van der Waals surface area contributed by atoms with Crippen LogP contribution in [0.15, 0.2) is 70.2 Å². The fraction of sp³-hybridized carbons (Fsp3) is 0.538. The van der Waals surface area contributed by atoms with Crippen molar-refractivity contribution in [3.05, 3.63) is 65.3 Å². The summed E-state index contributed by atoms with van der Waals surface area (Å²) in [4.78, 5) is 0.335. The van der Waals surface area contributed by atoms with Crippen molar-refractivity contribution >= 4 is 9.84 Å². The van der Waals surface area contributed by atoms with Crippen LogP contribution in [-0.2, 0) is 14.6 Å². The van der Waals surface area contributed by atoms with Crippen molar-refractivity contribution in [3.8, 4) is 0 Å². The highest BCUT2D eigenvalue weighted by Gasteiger charge is 2.51. The molecule has 0 radical (unpaired) electrons. The van der Waals surface area contributed by atoms with Crippen molar-refractivity contribution in [1.82, 2.24) is 0 Å². The number of ether oxygens (including phenoxy) is 1. The number of aliphatic hydroxyl groups is 2. The van der Waals surface area contributed by atoms with Crippen molar-refractivity contribution in [2.24, 2.45) is 0 Å². The summed E-state index contributed by atoms with van der Waals surface area (Å²) in [5.41, 5.74) is 2.73. The summed E-state index contributed by atoms with van der Waals surface area (Å²) in [6.07, 6.45) is 9.39. The molecule has 3 atom stereocenters. The molecule has 2 N–H and O–H groups in total. The van der Waals surface area contributed by atoms with Gasteiger partial charge in [-0.05, 0) is 71.9 Å². The van der Waals surface area contributed by atoms with Crippen LogP contribution in [0.5, 0.6) is 0 Å². The molecule has 1 fully saturated rings. The topological polar surface area (TPSA) is 87.1 Å². The van der Waals surface area contributed by atoms with Crippen LogP contribution >= 0.6 is 0 Å². The molecule has 0 aliphatic carbocycles. The molecule has 1 unspecified atom stereocenters. The molecule has 0 amide bonds. The van der Waals surface area contributed by atoms with E-state index in [0.29, 0.717) is 11.3 Å². The number of allylic oxidation sites excluding steroid dienone is 4. The van der Waals surface area contributed by atoms with Gasteiger partial charge in [0.15, 0.2) is 9.84 Å². The molecule has 32 heavy (non-hydrogen) atoms. The second-order valence-electron chi connectivity index (χ2n) is 9.05. The maximum Gasteiger partial charge on any atom is 0.185 e. The first-order valence-electron chi connectivity index (χ1n) is 11.3.